The Kier molecular flexibility index (Phi) is 8.47. The largest absolute Gasteiger partial charge is 1.00 e. The van der Waals surface area contributed by atoms with Gasteiger partial charge in [0.05, 0.1) is 7.11 Å². The van der Waals surface area contributed by atoms with Crippen LogP contribution < -0.4 is 39.6 Å². The zero-order chi connectivity index (χ0) is 12.8. The van der Waals surface area contributed by atoms with Crippen molar-refractivity contribution < 1.29 is 47.9 Å². The minimum atomic E-state index is -2.28. The number of hydrogen-bond donors (Lipinski definition) is 1. The molecule has 0 saturated heterocycles. The molecule has 1 unspecified atom stereocenters. The first-order valence-electron chi connectivity index (χ1n) is 5.11. The summed E-state index contributed by atoms with van der Waals surface area (Å²) in [5.74, 6) is 0.455. The van der Waals surface area contributed by atoms with E-state index in [2.05, 4.69) is 5.32 Å². The summed E-state index contributed by atoms with van der Waals surface area (Å²) < 4.78 is 26.7. The number of methoxy groups -OCH3 is 1. The zero-order valence-electron chi connectivity index (χ0n) is 10.7. The molecule has 0 spiro atoms. The fraction of sp³-hybridized carbons (Fsp3) is 0.364. The molecule has 94 valence electrons. The Bertz CT molecular complexity index is 439. The van der Waals surface area contributed by atoms with Crippen molar-refractivity contribution in [2.45, 2.75) is 24.8 Å². The van der Waals surface area contributed by atoms with Crippen molar-refractivity contribution in [2.24, 2.45) is 0 Å². The van der Waals surface area contributed by atoms with Crippen molar-refractivity contribution in [1.29, 1.82) is 0 Å². The van der Waals surface area contributed by atoms with Crippen LogP contribution in [0.25, 0.3) is 0 Å². The predicted molar refractivity (Wildman–Crippen MR) is 62.3 cm³/mol. The molecule has 1 aromatic carbocycles. The average Bonchev–Trinajstić information content (AvgIpc) is 2.35. The van der Waals surface area contributed by atoms with Gasteiger partial charge in [0.1, 0.15) is 5.75 Å². The van der Waals surface area contributed by atoms with Crippen LogP contribution in [0.2, 0.25) is 0 Å². The molecular weight excluding hydrogens is 265 g/mol. The molecule has 0 aliphatic carbocycles. The van der Waals surface area contributed by atoms with Crippen LogP contribution >= 0.6 is 0 Å². The maximum atomic E-state index is 11.1. The van der Waals surface area contributed by atoms with Crippen LogP contribution in [0.4, 0.5) is 0 Å². The quantitative estimate of drug-likeness (QED) is 0.498. The van der Waals surface area contributed by atoms with Crippen molar-refractivity contribution in [1.82, 2.24) is 5.32 Å². The Morgan fingerprint density at radius 1 is 1.50 bits per heavy atom. The smallest absolute Gasteiger partial charge is 0.768 e. The van der Waals surface area contributed by atoms with Crippen LogP contribution in [0.1, 0.15) is 18.9 Å². The van der Waals surface area contributed by atoms with Crippen LogP contribution in [-0.4, -0.2) is 21.8 Å². The standard InChI is InChI=1S/C11H15NO4S.Na/c1-3-11(13)12-7-8-6-9(17(14)15)4-5-10(8)16-2;/h4-6H,3,7H2,1-2H3,(H,12,13)(H,14,15);/q;+1/p-1. The second-order valence-electron chi connectivity index (χ2n) is 3.34. The van der Waals surface area contributed by atoms with Crippen LogP contribution in [0.5, 0.6) is 5.75 Å². The Morgan fingerprint density at radius 2 is 2.17 bits per heavy atom. The normalized spacial score (nSPS) is 11.3. The molecule has 1 rings (SSSR count). The minimum absolute atomic E-state index is 0. The van der Waals surface area contributed by atoms with E-state index in [0.717, 1.165) is 0 Å². The number of carbonyl (C=O) groups is 1. The molecular formula is C11H14NNaO4S. The molecule has 0 heterocycles. The van der Waals surface area contributed by atoms with E-state index in [1.807, 2.05) is 0 Å². The fourth-order valence-corrected chi connectivity index (χ4v) is 1.73. The summed E-state index contributed by atoms with van der Waals surface area (Å²) in [5, 5.41) is 2.67. The number of hydrogen-bond acceptors (Lipinski definition) is 4. The predicted octanol–water partition coefficient (Wildman–Crippen LogP) is -2.04. The molecule has 0 fully saturated rings. The fourth-order valence-electron chi connectivity index (χ4n) is 1.32. The van der Waals surface area contributed by atoms with Crippen molar-refractivity contribution >= 4 is 17.0 Å². The van der Waals surface area contributed by atoms with Gasteiger partial charge in [0, 0.05) is 23.4 Å². The monoisotopic (exact) mass is 279 g/mol. The van der Waals surface area contributed by atoms with Crippen molar-refractivity contribution in [3.63, 3.8) is 0 Å². The van der Waals surface area contributed by atoms with Gasteiger partial charge in [0.25, 0.3) is 0 Å². The Morgan fingerprint density at radius 3 is 2.67 bits per heavy atom. The van der Waals surface area contributed by atoms with E-state index in [4.69, 9.17) is 4.74 Å². The summed E-state index contributed by atoms with van der Waals surface area (Å²) in [6.45, 7) is 2.00. The summed E-state index contributed by atoms with van der Waals surface area (Å²) >= 11 is -2.28. The minimum Gasteiger partial charge on any atom is -0.768 e. The van der Waals surface area contributed by atoms with Gasteiger partial charge < -0.3 is 14.6 Å². The third-order valence-electron chi connectivity index (χ3n) is 2.24. The maximum Gasteiger partial charge on any atom is 1.00 e. The van der Waals surface area contributed by atoms with Gasteiger partial charge in [0.2, 0.25) is 5.91 Å². The second kappa shape index (κ2) is 8.66. The van der Waals surface area contributed by atoms with Gasteiger partial charge in [0.15, 0.2) is 0 Å². The maximum absolute atomic E-state index is 11.1. The van der Waals surface area contributed by atoms with Crippen LogP contribution in [-0.2, 0) is 22.4 Å². The van der Waals surface area contributed by atoms with Gasteiger partial charge in [-0.15, -0.1) is 0 Å². The molecule has 1 aromatic rings. The second-order valence-corrected chi connectivity index (χ2v) is 4.28. The first-order valence-corrected chi connectivity index (χ1v) is 6.18. The first-order chi connectivity index (χ1) is 8.08. The van der Waals surface area contributed by atoms with E-state index in [1.54, 1.807) is 13.0 Å². The summed E-state index contributed by atoms with van der Waals surface area (Å²) in [4.78, 5) is 11.3. The number of benzene rings is 1. The topological polar surface area (TPSA) is 78.5 Å². The van der Waals surface area contributed by atoms with E-state index in [0.29, 0.717) is 17.7 Å². The van der Waals surface area contributed by atoms with E-state index in [9.17, 15) is 13.6 Å². The molecule has 0 aromatic heterocycles. The molecule has 0 aliphatic rings. The summed E-state index contributed by atoms with van der Waals surface area (Å²) in [7, 11) is 1.49. The van der Waals surface area contributed by atoms with E-state index in [-0.39, 0.29) is 46.9 Å². The number of ether oxygens (including phenoxy) is 1. The van der Waals surface area contributed by atoms with E-state index in [1.165, 1.54) is 19.2 Å². The third kappa shape index (κ3) is 5.07. The van der Waals surface area contributed by atoms with Gasteiger partial charge in [-0.2, -0.15) is 0 Å². The number of nitrogens with one attached hydrogen (secondary N) is 1. The van der Waals surface area contributed by atoms with Gasteiger partial charge in [-0.3, -0.25) is 9.00 Å². The van der Waals surface area contributed by atoms with E-state index < -0.39 is 11.1 Å². The van der Waals surface area contributed by atoms with Crippen LogP contribution in [0.15, 0.2) is 23.1 Å². The molecule has 5 nitrogen and oxygen atoms in total. The van der Waals surface area contributed by atoms with Crippen molar-refractivity contribution in [2.75, 3.05) is 7.11 Å². The molecule has 1 atom stereocenters. The first kappa shape index (κ1) is 17.6. The van der Waals surface area contributed by atoms with Gasteiger partial charge >= 0.3 is 29.6 Å². The molecule has 18 heavy (non-hydrogen) atoms. The average molecular weight is 279 g/mol. The van der Waals surface area contributed by atoms with Crippen molar-refractivity contribution in [3.8, 4) is 5.75 Å². The Balaban J connectivity index is 0.00000289. The van der Waals surface area contributed by atoms with Gasteiger partial charge in [-0.1, -0.05) is 6.92 Å². The molecule has 0 radical (unpaired) electrons. The van der Waals surface area contributed by atoms with Crippen LogP contribution in [0, 0.1) is 0 Å². The Labute approximate surface area is 131 Å². The molecule has 1 amide bonds. The summed E-state index contributed by atoms with van der Waals surface area (Å²) in [6.07, 6.45) is 0.384. The Hall–Kier alpha value is -0.400. The van der Waals surface area contributed by atoms with Gasteiger partial charge in [-0.05, 0) is 29.3 Å². The molecule has 0 aliphatic heterocycles. The molecule has 7 heteroatoms. The third-order valence-corrected chi connectivity index (χ3v) is 2.88. The summed E-state index contributed by atoms with van der Waals surface area (Å²) in [5.41, 5.74) is 0.635. The molecule has 0 saturated carbocycles. The molecule has 0 bridgehead atoms. The molecule has 1 N–H and O–H groups in total. The van der Waals surface area contributed by atoms with E-state index >= 15 is 0 Å². The van der Waals surface area contributed by atoms with Gasteiger partial charge in [-0.25, -0.2) is 0 Å². The summed E-state index contributed by atoms with van der Waals surface area (Å²) in [6, 6.07) is 4.50. The SMILES string of the molecule is CCC(=O)NCc1cc(S(=O)[O-])ccc1OC.[Na+]. The zero-order valence-corrected chi connectivity index (χ0v) is 13.5. The van der Waals surface area contributed by atoms with Crippen LogP contribution in [0.3, 0.4) is 0 Å². The van der Waals surface area contributed by atoms with Crippen molar-refractivity contribution in [3.05, 3.63) is 23.8 Å². The number of carbonyl (C=O) groups excluding carboxylic acids is 1. The number of rotatable bonds is 5. The number of amides is 1.